The van der Waals surface area contributed by atoms with Gasteiger partial charge in [-0.2, -0.15) is 0 Å². The number of carbonyl (C=O) groups is 5. The van der Waals surface area contributed by atoms with E-state index in [0.717, 1.165) is 6.07 Å². The number of hydrogen-bond acceptors (Lipinski definition) is 9. The number of rotatable bonds is 8. The summed E-state index contributed by atoms with van der Waals surface area (Å²) in [7, 11) is 0. The molecule has 2 aromatic carbocycles. The maximum Gasteiger partial charge on any atom is 0.414 e. The highest BCUT2D eigenvalue weighted by Crippen LogP contribution is 2.29. The van der Waals surface area contributed by atoms with E-state index in [1.807, 2.05) is 0 Å². The third-order valence-electron chi connectivity index (χ3n) is 7.52. The second-order valence-corrected chi connectivity index (χ2v) is 10.9. The van der Waals surface area contributed by atoms with E-state index in [9.17, 15) is 28.4 Å². The smallest absolute Gasteiger partial charge is 0.414 e. The predicted octanol–water partition coefficient (Wildman–Crippen LogP) is 1.75. The minimum absolute atomic E-state index is 0.111. The Labute approximate surface area is 262 Å². The fourth-order valence-electron chi connectivity index (χ4n) is 5.21. The lowest BCUT2D eigenvalue weighted by Gasteiger charge is -2.24. The Kier molecular flexibility index (Phi) is 9.69. The van der Waals surface area contributed by atoms with Crippen molar-refractivity contribution in [3.8, 4) is 0 Å². The summed E-state index contributed by atoms with van der Waals surface area (Å²) in [5.41, 5.74) is 3.65. The summed E-state index contributed by atoms with van der Waals surface area (Å²) >= 11 is 0. The molecule has 4 N–H and O–H groups in total. The maximum absolute atomic E-state index is 15.3. The van der Waals surface area contributed by atoms with Crippen molar-refractivity contribution >= 4 is 52.8 Å². The summed E-state index contributed by atoms with van der Waals surface area (Å²) in [5.74, 6) is -1.86. The molecule has 3 fully saturated rings. The summed E-state index contributed by atoms with van der Waals surface area (Å²) in [6, 6.07) is 7.64. The van der Waals surface area contributed by atoms with E-state index < -0.39 is 42.1 Å². The first-order valence-corrected chi connectivity index (χ1v) is 14.6. The summed E-state index contributed by atoms with van der Waals surface area (Å²) in [5, 5.41) is 8.93. The number of hydrazine groups is 1. The number of ether oxygens (including phenoxy) is 2. The van der Waals surface area contributed by atoms with Crippen LogP contribution in [-0.4, -0.2) is 99.6 Å². The van der Waals surface area contributed by atoms with Gasteiger partial charge in [-0.05, 0) is 36.4 Å². The van der Waals surface area contributed by atoms with Gasteiger partial charge in [0.15, 0.2) is 0 Å². The van der Waals surface area contributed by atoms with Gasteiger partial charge >= 0.3 is 18.2 Å². The van der Waals surface area contributed by atoms with Gasteiger partial charge < -0.3 is 30.3 Å². The van der Waals surface area contributed by atoms with Crippen LogP contribution in [0, 0.1) is 11.6 Å². The number of halogens is 2. The molecule has 3 heterocycles. The van der Waals surface area contributed by atoms with Gasteiger partial charge in [0.25, 0.3) is 0 Å². The second kappa shape index (κ2) is 13.8. The standard InChI is InChI=1S/C29H34F2N8O7/c1-17(40)32-13-21-15-37(28(43)45-21)19-3-5-25(23(30)11-19)35-27(42)39-10-9-36(8-7-34-39)26-6-4-20(12-24(26)31)38-16-22(46-29(38)44)14-33-18(2)41/h3-6,11-12,21-22,34H,7-10,13-16H2,1-2H3,(H,32,40)(H,33,41)(H,35,42)/t21-,22-/m0/s1. The van der Waals surface area contributed by atoms with E-state index >= 15 is 4.39 Å². The Morgan fingerprint density at radius 3 is 1.93 bits per heavy atom. The number of urea groups is 1. The summed E-state index contributed by atoms with van der Waals surface area (Å²) in [6.07, 6.45) is -2.46. The zero-order valence-electron chi connectivity index (χ0n) is 25.2. The average Bonchev–Trinajstić information content (AvgIpc) is 3.47. The Bertz CT molecular complexity index is 1530. The molecular formula is C29H34F2N8O7. The zero-order chi connectivity index (χ0) is 33.0. The normalized spacial score (nSPS) is 19.8. The fraction of sp³-hybridized carbons (Fsp3) is 0.414. The lowest BCUT2D eigenvalue weighted by Crippen LogP contribution is -2.46. The summed E-state index contributed by atoms with van der Waals surface area (Å²) < 4.78 is 40.7. The van der Waals surface area contributed by atoms with Gasteiger partial charge in [0.1, 0.15) is 23.8 Å². The molecule has 0 bridgehead atoms. The quantitative estimate of drug-likeness (QED) is 0.335. The van der Waals surface area contributed by atoms with E-state index in [1.54, 1.807) is 17.0 Å². The van der Waals surface area contributed by atoms with Crippen LogP contribution in [-0.2, 0) is 19.1 Å². The van der Waals surface area contributed by atoms with Crippen molar-refractivity contribution in [2.24, 2.45) is 0 Å². The lowest BCUT2D eigenvalue weighted by atomic mass is 10.2. The van der Waals surface area contributed by atoms with Gasteiger partial charge in [0, 0.05) is 33.5 Å². The van der Waals surface area contributed by atoms with Crippen LogP contribution in [0.5, 0.6) is 0 Å². The first kappa shape index (κ1) is 32.2. The highest BCUT2D eigenvalue weighted by Gasteiger charge is 2.34. The van der Waals surface area contributed by atoms with Gasteiger partial charge in [0.05, 0.1) is 55.5 Å². The fourth-order valence-corrected chi connectivity index (χ4v) is 5.21. The molecule has 0 unspecified atom stereocenters. The monoisotopic (exact) mass is 644 g/mol. The topological polar surface area (TPSA) is 165 Å². The van der Waals surface area contributed by atoms with Crippen LogP contribution in [0.15, 0.2) is 36.4 Å². The molecule has 3 aliphatic rings. The van der Waals surface area contributed by atoms with Crippen LogP contribution in [0.1, 0.15) is 13.8 Å². The van der Waals surface area contributed by atoms with Crippen LogP contribution >= 0.6 is 0 Å². The van der Waals surface area contributed by atoms with Crippen molar-refractivity contribution in [1.82, 2.24) is 21.1 Å². The van der Waals surface area contributed by atoms with Crippen LogP contribution in [0.3, 0.4) is 0 Å². The van der Waals surface area contributed by atoms with Crippen LogP contribution in [0.2, 0.25) is 0 Å². The molecule has 2 aromatic rings. The molecule has 0 radical (unpaired) electrons. The highest BCUT2D eigenvalue weighted by atomic mass is 19.1. The second-order valence-electron chi connectivity index (χ2n) is 10.9. The summed E-state index contributed by atoms with van der Waals surface area (Å²) in [6.45, 7) is 4.26. The molecule has 15 nitrogen and oxygen atoms in total. The van der Waals surface area contributed by atoms with Crippen molar-refractivity contribution in [1.29, 1.82) is 0 Å². The molecule has 0 aromatic heterocycles. The van der Waals surface area contributed by atoms with Gasteiger partial charge in [-0.1, -0.05) is 0 Å². The minimum atomic E-state index is -0.772. The van der Waals surface area contributed by atoms with Crippen LogP contribution in [0.4, 0.5) is 45.9 Å². The third kappa shape index (κ3) is 7.53. The van der Waals surface area contributed by atoms with E-state index in [4.69, 9.17) is 9.47 Å². The number of cyclic esters (lactones) is 2. The van der Waals surface area contributed by atoms with E-state index in [2.05, 4.69) is 21.4 Å². The Morgan fingerprint density at radius 2 is 1.39 bits per heavy atom. The van der Waals surface area contributed by atoms with Crippen molar-refractivity contribution in [3.63, 3.8) is 0 Å². The molecule has 2 atom stereocenters. The number of carbonyl (C=O) groups excluding carboxylic acids is 5. The molecule has 5 rings (SSSR count). The van der Waals surface area contributed by atoms with Crippen molar-refractivity contribution in [2.45, 2.75) is 26.1 Å². The summed E-state index contributed by atoms with van der Waals surface area (Å²) in [4.78, 5) is 64.1. The zero-order valence-corrected chi connectivity index (χ0v) is 25.2. The number of anilines is 4. The van der Waals surface area contributed by atoms with Crippen molar-refractivity contribution in [3.05, 3.63) is 48.0 Å². The first-order valence-electron chi connectivity index (χ1n) is 14.6. The number of nitrogens with one attached hydrogen (secondary N) is 4. The van der Waals surface area contributed by atoms with E-state index in [-0.39, 0.29) is 74.7 Å². The Morgan fingerprint density at radius 1 is 0.826 bits per heavy atom. The molecule has 3 aliphatic heterocycles. The molecular weight excluding hydrogens is 610 g/mol. The van der Waals surface area contributed by atoms with Gasteiger partial charge in [0.2, 0.25) is 11.8 Å². The van der Waals surface area contributed by atoms with Gasteiger partial charge in [-0.25, -0.2) is 28.6 Å². The number of hydrogen-bond donors (Lipinski definition) is 4. The van der Waals surface area contributed by atoms with Crippen molar-refractivity contribution < 1.29 is 42.2 Å². The molecule has 46 heavy (non-hydrogen) atoms. The number of nitrogens with zero attached hydrogens (tertiary/aromatic N) is 4. The molecule has 246 valence electrons. The van der Waals surface area contributed by atoms with Gasteiger partial charge in [-0.3, -0.25) is 24.4 Å². The van der Waals surface area contributed by atoms with Gasteiger partial charge in [-0.15, -0.1) is 0 Å². The number of amides is 6. The Balaban J connectivity index is 1.15. The molecule has 0 spiro atoms. The van der Waals surface area contributed by atoms with Crippen LogP contribution in [0.25, 0.3) is 0 Å². The Hall–Kier alpha value is -5.19. The third-order valence-corrected chi connectivity index (χ3v) is 7.52. The van der Waals surface area contributed by atoms with Crippen LogP contribution < -0.4 is 36.1 Å². The largest absolute Gasteiger partial charge is 0.442 e. The predicted molar refractivity (Wildman–Crippen MR) is 161 cm³/mol. The van der Waals surface area contributed by atoms with Crippen molar-refractivity contribution in [2.75, 3.05) is 72.4 Å². The molecule has 17 heteroatoms. The SMILES string of the molecule is CC(=O)NC[C@H]1CN(c2ccc(NC(=O)N3CCN(c4ccc(N5C[C@H](CNC(C)=O)OC5=O)cc4F)CCN3)c(F)c2)C(=O)O1. The molecule has 6 amide bonds. The lowest BCUT2D eigenvalue weighted by molar-refractivity contribution is -0.120. The molecule has 3 saturated heterocycles. The maximum atomic E-state index is 15.3. The average molecular weight is 645 g/mol. The highest BCUT2D eigenvalue weighted by molar-refractivity contribution is 5.92. The minimum Gasteiger partial charge on any atom is -0.442 e. The van der Waals surface area contributed by atoms with E-state index in [1.165, 1.54) is 46.9 Å². The van der Waals surface area contributed by atoms with E-state index in [0.29, 0.717) is 12.2 Å². The first-order chi connectivity index (χ1) is 22.0. The molecule has 0 aliphatic carbocycles. The molecule has 0 saturated carbocycles. The number of benzene rings is 2.